The molecule has 1 aromatic heterocycles. The molecule has 0 fully saturated rings. The van der Waals surface area contributed by atoms with E-state index in [-0.39, 0.29) is 5.92 Å². The second kappa shape index (κ2) is 4.65. The lowest BCUT2D eigenvalue weighted by Gasteiger charge is -2.19. The molecule has 0 aliphatic heterocycles. The van der Waals surface area contributed by atoms with Crippen molar-refractivity contribution in [1.82, 2.24) is 4.98 Å². The first-order valence-electron chi connectivity index (χ1n) is 4.87. The molecule has 0 saturated heterocycles. The first-order valence-corrected chi connectivity index (χ1v) is 4.87. The van der Waals surface area contributed by atoms with Crippen molar-refractivity contribution >= 4 is 11.5 Å². The minimum absolute atomic E-state index is 0.00495. The molecule has 1 aromatic rings. The van der Waals surface area contributed by atoms with Gasteiger partial charge >= 0.3 is 0 Å². The zero-order valence-electron chi connectivity index (χ0n) is 9.36. The average Bonchev–Trinajstić information content (AvgIpc) is 2.21. The Balaban J connectivity index is 2.79. The number of hydrogen-bond acceptors (Lipinski definition) is 4. The van der Waals surface area contributed by atoms with Crippen molar-refractivity contribution in [3.63, 3.8) is 0 Å². The second-order valence-corrected chi connectivity index (χ2v) is 3.81. The number of nitrogen functional groups attached to an aromatic ring is 1. The van der Waals surface area contributed by atoms with E-state index in [4.69, 9.17) is 11.0 Å². The monoisotopic (exact) mass is 204 g/mol. The fourth-order valence-electron chi connectivity index (χ4n) is 1.31. The van der Waals surface area contributed by atoms with Crippen LogP contribution in [0.15, 0.2) is 12.3 Å². The van der Waals surface area contributed by atoms with Crippen LogP contribution < -0.4 is 10.6 Å². The van der Waals surface area contributed by atoms with Crippen molar-refractivity contribution < 1.29 is 0 Å². The Bertz CT molecular complexity index is 381. The molecule has 15 heavy (non-hydrogen) atoms. The Morgan fingerprint density at radius 3 is 2.87 bits per heavy atom. The molecule has 0 aromatic carbocycles. The summed E-state index contributed by atoms with van der Waals surface area (Å²) in [6, 6.07) is 4.13. The van der Waals surface area contributed by atoms with Crippen LogP contribution in [-0.4, -0.2) is 18.6 Å². The highest BCUT2D eigenvalue weighted by atomic mass is 15.2. The summed E-state index contributed by atoms with van der Waals surface area (Å²) in [4.78, 5) is 6.18. The number of anilines is 2. The van der Waals surface area contributed by atoms with Crippen LogP contribution >= 0.6 is 0 Å². The lowest BCUT2D eigenvalue weighted by molar-refractivity contribution is 0.710. The molecule has 4 heteroatoms. The number of aryl methyl sites for hydroxylation is 1. The van der Waals surface area contributed by atoms with Crippen molar-refractivity contribution in [2.75, 3.05) is 24.2 Å². The SMILES string of the molecule is Cc1cc(N(C)CC(C)C#N)ncc1N. The Morgan fingerprint density at radius 2 is 2.33 bits per heavy atom. The van der Waals surface area contributed by atoms with Gasteiger partial charge in [-0.3, -0.25) is 0 Å². The number of nitriles is 1. The van der Waals surface area contributed by atoms with Gasteiger partial charge in [-0.2, -0.15) is 5.26 Å². The van der Waals surface area contributed by atoms with Gasteiger partial charge < -0.3 is 10.6 Å². The maximum Gasteiger partial charge on any atom is 0.128 e. The number of nitrogens with two attached hydrogens (primary N) is 1. The van der Waals surface area contributed by atoms with E-state index >= 15 is 0 Å². The molecule has 0 saturated carbocycles. The quantitative estimate of drug-likeness (QED) is 0.811. The first-order chi connectivity index (χ1) is 7.04. The predicted molar refractivity (Wildman–Crippen MR) is 61.4 cm³/mol. The summed E-state index contributed by atoms with van der Waals surface area (Å²) in [6.45, 7) is 4.51. The number of nitrogens with zero attached hydrogens (tertiary/aromatic N) is 3. The molecule has 4 nitrogen and oxygen atoms in total. The van der Waals surface area contributed by atoms with Crippen LogP contribution in [0.4, 0.5) is 11.5 Å². The van der Waals surface area contributed by atoms with Crippen molar-refractivity contribution in [1.29, 1.82) is 5.26 Å². The van der Waals surface area contributed by atoms with E-state index in [2.05, 4.69) is 11.1 Å². The fourth-order valence-corrected chi connectivity index (χ4v) is 1.31. The molecule has 2 N–H and O–H groups in total. The highest BCUT2D eigenvalue weighted by Crippen LogP contribution is 2.16. The van der Waals surface area contributed by atoms with Crippen LogP contribution in [0.1, 0.15) is 12.5 Å². The molecular formula is C11H16N4. The topological polar surface area (TPSA) is 65.9 Å². The van der Waals surface area contributed by atoms with Crippen LogP contribution in [0, 0.1) is 24.2 Å². The zero-order chi connectivity index (χ0) is 11.4. The van der Waals surface area contributed by atoms with Gasteiger partial charge in [-0.05, 0) is 25.5 Å². The smallest absolute Gasteiger partial charge is 0.128 e. The number of rotatable bonds is 3. The molecule has 80 valence electrons. The standard InChI is InChI=1S/C11H16N4/c1-8(5-12)7-15(3)11-4-9(2)10(13)6-14-11/h4,6,8H,7,13H2,1-3H3. The molecule has 0 radical (unpaired) electrons. The molecule has 0 amide bonds. The van der Waals surface area contributed by atoms with Crippen LogP contribution in [0.3, 0.4) is 0 Å². The van der Waals surface area contributed by atoms with Gasteiger partial charge in [0.15, 0.2) is 0 Å². The summed E-state index contributed by atoms with van der Waals surface area (Å²) in [7, 11) is 1.92. The van der Waals surface area contributed by atoms with E-state index in [0.717, 1.165) is 11.4 Å². The molecule has 1 rings (SSSR count). The van der Waals surface area contributed by atoms with Crippen LogP contribution in [-0.2, 0) is 0 Å². The van der Waals surface area contributed by atoms with Gasteiger partial charge in [0.1, 0.15) is 5.82 Å². The largest absolute Gasteiger partial charge is 0.397 e. The molecule has 1 unspecified atom stereocenters. The van der Waals surface area contributed by atoms with Gasteiger partial charge in [-0.15, -0.1) is 0 Å². The number of pyridine rings is 1. The predicted octanol–water partition coefficient (Wildman–Crippen LogP) is 1.57. The lowest BCUT2D eigenvalue weighted by atomic mass is 10.2. The maximum absolute atomic E-state index is 8.71. The minimum Gasteiger partial charge on any atom is -0.397 e. The fraction of sp³-hybridized carbons (Fsp3) is 0.455. The Morgan fingerprint density at radius 1 is 1.67 bits per heavy atom. The first kappa shape index (κ1) is 11.3. The number of aromatic nitrogens is 1. The minimum atomic E-state index is -0.00495. The molecule has 0 spiro atoms. The summed E-state index contributed by atoms with van der Waals surface area (Å²) in [5.74, 6) is 0.846. The van der Waals surface area contributed by atoms with Crippen molar-refractivity contribution in [3.8, 4) is 6.07 Å². The summed E-state index contributed by atoms with van der Waals surface area (Å²) in [5.41, 5.74) is 7.39. The maximum atomic E-state index is 8.71. The summed E-state index contributed by atoms with van der Waals surface area (Å²) in [5, 5.41) is 8.71. The van der Waals surface area contributed by atoms with Crippen LogP contribution in [0.2, 0.25) is 0 Å². The third-order valence-electron chi connectivity index (χ3n) is 2.30. The van der Waals surface area contributed by atoms with Crippen molar-refractivity contribution in [2.45, 2.75) is 13.8 Å². The lowest BCUT2D eigenvalue weighted by Crippen LogP contribution is -2.24. The van der Waals surface area contributed by atoms with Crippen LogP contribution in [0.5, 0.6) is 0 Å². The summed E-state index contributed by atoms with van der Waals surface area (Å²) in [6.07, 6.45) is 1.65. The van der Waals surface area contributed by atoms with E-state index < -0.39 is 0 Å². The van der Waals surface area contributed by atoms with E-state index in [0.29, 0.717) is 12.2 Å². The molecule has 0 aliphatic rings. The van der Waals surface area contributed by atoms with E-state index in [1.165, 1.54) is 0 Å². The molecule has 1 heterocycles. The average molecular weight is 204 g/mol. The van der Waals surface area contributed by atoms with Crippen molar-refractivity contribution in [3.05, 3.63) is 17.8 Å². The van der Waals surface area contributed by atoms with Gasteiger partial charge in [0, 0.05) is 13.6 Å². The summed E-state index contributed by atoms with van der Waals surface area (Å²) >= 11 is 0. The van der Waals surface area contributed by atoms with Gasteiger partial charge in [0.05, 0.1) is 23.9 Å². The molecule has 0 bridgehead atoms. The van der Waals surface area contributed by atoms with Gasteiger partial charge in [-0.25, -0.2) is 4.98 Å². The van der Waals surface area contributed by atoms with E-state index in [1.54, 1.807) is 6.20 Å². The Labute approximate surface area is 90.3 Å². The molecule has 0 aliphatic carbocycles. The van der Waals surface area contributed by atoms with Gasteiger partial charge in [-0.1, -0.05) is 0 Å². The van der Waals surface area contributed by atoms with Gasteiger partial charge in [0.2, 0.25) is 0 Å². The third kappa shape index (κ3) is 2.84. The second-order valence-electron chi connectivity index (χ2n) is 3.81. The summed E-state index contributed by atoms with van der Waals surface area (Å²) < 4.78 is 0. The van der Waals surface area contributed by atoms with Crippen LogP contribution in [0.25, 0.3) is 0 Å². The molecular weight excluding hydrogens is 188 g/mol. The normalized spacial score (nSPS) is 11.9. The third-order valence-corrected chi connectivity index (χ3v) is 2.30. The van der Waals surface area contributed by atoms with E-state index in [9.17, 15) is 0 Å². The van der Waals surface area contributed by atoms with Gasteiger partial charge in [0.25, 0.3) is 0 Å². The Hall–Kier alpha value is -1.76. The van der Waals surface area contributed by atoms with Crippen molar-refractivity contribution in [2.24, 2.45) is 5.92 Å². The van der Waals surface area contributed by atoms with E-state index in [1.807, 2.05) is 31.9 Å². The molecule has 1 atom stereocenters. The highest BCUT2D eigenvalue weighted by molar-refractivity contribution is 5.51. The number of hydrogen-bond donors (Lipinski definition) is 1. The Kier molecular flexibility index (Phi) is 3.51. The highest BCUT2D eigenvalue weighted by Gasteiger charge is 2.08. The zero-order valence-corrected chi connectivity index (χ0v) is 9.36.